The van der Waals surface area contributed by atoms with E-state index in [9.17, 15) is 8.42 Å². The maximum absolute atomic E-state index is 11.9. The van der Waals surface area contributed by atoms with Gasteiger partial charge in [0, 0.05) is 13.0 Å². The van der Waals surface area contributed by atoms with Crippen LogP contribution in [0.5, 0.6) is 0 Å². The third-order valence-electron chi connectivity index (χ3n) is 2.59. The van der Waals surface area contributed by atoms with Crippen LogP contribution in [0.4, 0.5) is 0 Å². The molecule has 96 valence electrons. The molecule has 1 N–H and O–H groups in total. The Kier molecular flexibility index (Phi) is 6.79. The van der Waals surface area contributed by atoms with E-state index >= 15 is 0 Å². The molecule has 0 saturated carbocycles. The molecule has 6 heteroatoms. The minimum Gasteiger partial charge on any atom is -0.214 e. The molecule has 0 fully saturated rings. The van der Waals surface area contributed by atoms with Crippen LogP contribution >= 0.6 is 0 Å². The fraction of sp³-hybridized carbons (Fsp3) is 0.818. The smallest absolute Gasteiger partial charge is 0.214 e. The Labute approximate surface area is 103 Å². The van der Waals surface area contributed by atoms with Crippen molar-refractivity contribution in [2.24, 2.45) is 0 Å². The van der Waals surface area contributed by atoms with Gasteiger partial charge < -0.3 is 0 Å². The lowest BCUT2D eigenvalue weighted by Gasteiger charge is -2.21. The third-order valence-corrected chi connectivity index (χ3v) is 4.66. The zero-order valence-corrected chi connectivity index (χ0v) is 11.2. The van der Waals surface area contributed by atoms with Gasteiger partial charge in [-0.3, -0.25) is 0 Å². The lowest BCUT2D eigenvalue weighted by molar-refractivity contribution is 0.528. The van der Waals surface area contributed by atoms with Gasteiger partial charge in [-0.25, -0.2) is 13.1 Å². The number of rotatable bonds is 8. The predicted molar refractivity (Wildman–Crippen MR) is 65.3 cm³/mol. The molecule has 0 heterocycles. The van der Waals surface area contributed by atoms with Gasteiger partial charge in [-0.2, -0.15) is 10.5 Å². The van der Waals surface area contributed by atoms with E-state index < -0.39 is 14.8 Å². The highest BCUT2D eigenvalue weighted by atomic mass is 32.2. The highest BCUT2D eigenvalue weighted by Crippen LogP contribution is 2.22. The molecule has 0 aromatic rings. The predicted octanol–water partition coefficient (Wildman–Crippen LogP) is 1.68. The summed E-state index contributed by atoms with van der Waals surface area (Å²) in [5, 5.41) is 17.4. The monoisotopic (exact) mass is 257 g/mol. The highest BCUT2D eigenvalue weighted by Gasteiger charge is 2.38. The fourth-order valence-electron chi connectivity index (χ4n) is 1.30. The quantitative estimate of drug-likeness (QED) is 0.669. The SMILES string of the molecule is CCCCC(C)(C#N)S(=O)(=O)NCCCC#N. The first-order chi connectivity index (χ1) is 7.93. The summed E-state index contributed by atoms with van der Waals surface area (Å²) >= 11 is 0. The average Bonchev–Trinajstić information content (AvgIpc) is 2.31. The average molecular weight is 257 g/mol. The van der Waals surface area contributed by atoms with Crippen LogP contribution in [0.15, 0.2) is 0 Å². The Morgan fingerprint density at radius 1 is 1.29 bits per heavy atom. The molecule has 0 saturated heterocycles. The second-order valence-corrected chi connectivity index (χ2v) is 6.30. The first kappa shape index (κ1) is 15.9. The van der Waals surface area contributed by atoms with Crippen molar-refractivity contribution in [3.8, 4) is 12.1 Å². The number of unbranched alkanes of at least 4 members (excludes halogenated alkanes) is 2. The van der Waals surface area contributed by atoms with Crippen LogP contribution in [0, 0.1) is 22.7 Å². The van der Waals surface area contributed by atoms with Gasteiger partial charge >= 0.3 is 0 Å². The van der Waals surface area contributed by atoms with Crippen molar-refractivity contribution >= 4 is 10.0 Å². The van der Waals surface area contributed by atoms with E-state index in [1.165, 1.54) is 6.92 Å². The van der Waals surface area contributed by atoms with E-state index in [0.717, 1.165) is 6.42 Å². The van der Waals surface area contributed by atoms with Crippen molar-refractivity contribution in [1.82, 2.24) is 4.72 Å². The third kappa shape index (κ3) is 4.72. The number of sulfonamides is 1. The number of nitriles is 2. The molecule has 0 aliphatic rings. The summed E-state index contributed by atoms with van der Waals surface area (Å²) in [5.41, 5.74) is 0. The number of hydrogen-bond donors (Lipinski definition) is 1. The molecule has 1 atom stereocenters. The van der Waals surface area contributed by atoms with Gasteiger partial charge in [-0.1, -0.05) is 19.8 Å². The molecule has 0 bridgehead atoms. The van der Waals surface area contributed by atoms with E-state index in [1.807, 2.05) is 19.1 Å². The molecule has 0 aromatic heterocycles. The molecular weight excluding hydrogens is 238 g/mol. The largest absolute Gasteiger partial charge is 0.230 e. The van der Waals surface area contributed by atoms with E-state index in [-0.39, 0.29) is 6.54 Å². The Morgan fingerprint density at radius 2 is 1.94 bits per heavy atom. The molecule has 0 aliphatic heterocycles. The van der Waals surface area contributed by atoms with Gasteiger partial charge in [0.2, 0.25) is 10.0 Å². The first-order valence-electron chi connectivity index (χ1n) is 5.71. The summed E-state index contributed by atoms with van der Waals surface area (Å²) in [7, 11) is -3.65. The van der Waals surface area contributed by atoms with Gasteiger partial charge in [0.1, 0.15) is 0 Å². The molecule has 0 aromatic carbocycles. The Morgan fingerprint density at radius 3 is 2.41 bits per heavy atom. The standard InChI is InChI=1S/C11H19N3O2S/c1-3-4-7-11(2,10-13)17(15,16)14-9-6-5-8-12/h14H,3-7,9H2,1-2H3. The Hall–Kier alpha value is -1.11. The molecule has 0 radical (unpaired) electrons. The summed E-state index contributed by atoms with van der Waals surface area (Å²) in [6.07, 6.45) is 2.64. The van der Waals surface area contributed by atoms with E-state index in [0.29, 0.717) is 25.7 Å². The summed E-state index contributed by atoms with van der Waals surface area (Å²) in [6, 6.07) is 3.82. The maximum Gasteiger partial charge on any atom is 0.230 e. The lowest BCUT2D eigenvalue weighted by Crippen LogP contribution is -2.43. The minimum absolute atomic E-state index is 0.208. The number of nitrogens with one attached hydrogen (secondary N) is 1. The van der Waals surface area contributed by atoms with Gasteiger partial charge in [-0.15, -0.1) is 0 Å². The molecule has 0 aliphatic carbocycles. The van der Waals surface area contributed by atoms with Crippen molar-refractivity contribution < 1.29 is 8.42 Å². The number of hydrogen-bond acceptors (Lipinski definition) is 4. The van der Waals surface area contributed by atoms with Crippen molar-refractivity contribution in [3.63, 3.8) is 0 Å². The van der Waals surface area contributed by atoms with Gasteiger partial charge in [0.05, 0.1) is 12.1 Å². The zero-order chi connectivity index (χ0) is 13.4. The Bertz CT molecular complexity index is 405. The van der Waals surface area contributed by atoms with E-state index in [2.05, 4.69) is 4.72 Å². The molecular formula is C11H19N3O2S. The van der Waals surface area contributed by atoms with Crippen LogP contribution < -0.4 is 4.72 Å². The first-order valence-corrected chi connectivity index (χ1v) is 7.19. The topological polar surface area (TPSA) is 93.8 Å². The van der Waals surface area contributed by atoms with Gasteiger partial charge in [0.15, 0.2) is 4.75 Å². The molecule has 1 unspecified atom stereocenters. The lowest BCUT2D eigenvalue weighted by atomic mass is 10.1. The van der Waals surface area contributed by atoms with E-state index in [4.69, 9.17) is 10.5 Å². The molecule has 5 nitrogen and oxygen atoms in total. The van der Waals surface area contributed by atoms with Gasteiger partial charge in [0.25, 0.3) is 0 Å². The van der Waals surface area contributed by atoms with Crippen LogP contribution in [0.3, 0.4) is 0 Å². The zero-order valence-electron chi connectivity index (χ0n) is 10.4. The molecule has 0 rings (SSSR count). The van der Waals surface area contributed by atoms with Crippen LogP contribution in [0.2, 0.25) is 0 Å². The second kappa shape index (κ2) is 7.26. The Balaban J connectivity index is 4.55. The normalized spacial score (nSPS) is 14.6. The van der Waals surface area contributed by atoms with E-state index in [1.54, 1.807) is 0 Å². The van der Waals surface area contributed by atoms with Crippen molar-refractivity contribution in [2.45, 2.75) is 50.7 Å². The summed E-state index contributed by atoms with van der Waals surface area (Å²) in [5.74, 6) is 0. The summed E-state index contributed by atoms with van der Waals surface area (Å²) in [4.78, 5) is 0. The van der Waals surface area contributed by atoms with Crippen LogP contribution in [0.25, 0.3) is 0 Å². The summed E-state index contributed by atoms with van der Waals surface area (Å²) in [6.45, 7) is 3.60. The number of nitrogens with zero attached hydrogens (tertiary/aromatic N) is 2. The fourth-order valence-corrected chi connectivity index (χ4v) is 2.56. The van der Waals surface area contributed by atoms with Crippen LogP contribution in [0.1, 0.15) is 46.0 Å². The van der Waals surface area contributed by atoms with Gasteiger partial charge in [-0.05, 0) is 19.8 Å². The van der Waals surface area contributed by atoms with Crippen molar-refractivity contribution in [1.29, 1.82) is 10.5 Å². The summed E-state index contributed by atoms with van der Waals surface area (Å²) < 4.78 is 24.9. The van der Waals surface area contributed by atoms with Crippen LogP contribution in [-0.2, 0) is 10.0 Å². The van der Waals surface area contributed by atoms with Crippen molar-refractivity contribution in [3.05, 3.63) is 0 Å². The van der Waals surface area contributed by atoms with Crippen LogP contribution in [-0.4, -0.2) is 19.7 Å². The molecule has 0 amide bonds. The maximum atomic E-state index is 11.9. The second-order valence-electron chi connectivity index (χ2n) is 4.11. The van der Waals surface area contributed by atoms with Crippen molar-refractivity contribution in [2.75, 3.05) is 6.54 Å². The molecule has 0 spiro atoms. The molecule has 17 heavy (non-hydrogen) atoms. The minimum atomic E-state index is -3.65. The highest BCUT2D eigenvalue weighted by molar-refractivity contribution is 7.91.